The van der Waals surface area contributed by atoms with Gasteiger partial charge in [0.1, 0.15) is 13.2 Å². The summed E-state index contributed by atoms with van der Waals surface area (Å²) in [6.07, 6.45) is 3.18. The Bertz CT molecular complexity index is 363. The van der Waals surface area contributed by atoms with Crippen LogP contribution in [0.5, 0.6) is 11.5 Å². The van der Waals surface area contributed by atoms with E-state index < -0.39 is 0 Å². The first-order valence-corrected chi connectivity index (χ1v) is 5.90. The van der Waals surface area contributed by atoms with E-state index in [1.165, 1.54) is 11.1 Å². The Kier molecular flexibility index (Phi) is 3.67. The molecular weight excluding hydrogens is 202 g/mol. The Morgan fingerprint density at radius 2 is 2.00 bits per heavy atom. The lowest BCUT2D eigenvalue weighted by molar-refractivity contribution is 0.169. The van der Waals surface area contributed by atoms with Crippen molar-refractivity contribution in [3.63, 3.8) is 0 Å². The first-order chi connectivity index (χ1) is 7.81. The molecule has 3 nitrogen and oxygen atoms in total. The molecule has 1 aromatic rings. The summed E-state index contributed by atoms with van der Waals surface area (Å²) in [6.45, 7) is 4.15. The van der Waals surface area contributed by atoms with Gasteiger partial charge in [0.05, 0.1) is 0 Å². The van der Waals surface area contributed by atoms with Crippen LogP contribution in [0.15, 0.2) is 12.1 Å². The van der Waals surface area contributed by atoms with Crippen molar-refractivity contribution >= 4 is 0 Å². The van der Waals surface area contributed by atoms with Crippen LogP contribution in [0.1, 0.15) is 24.0 Å². The number of aryl methyl sites for hydroxylation is 2. The molecule has 0 unspecified atom stereocenters. The van der Waals surface area contributed by atoms with Crippen molar-refractivity contribution in [3.8, 4) is 11.5 Å². The molecule has 0 bridgehead atoms. The second kappa shape index (κ2) is 5.21. The van der Waals surface area contributed by atoms with Gasteiger partial charge in [-0.25, -0.2) is 0 Å². The Morgan fingerprint density at radius 3 is 2.81 bits per heavy atom. The number of nitrogens with two attached hydrogens (primary N) is 1. The minimum atomic E-state index is 0.651. The Morgan fingerprint density at radius 1 is 1.19 bits per heavy atom. The highest BCUT2D eigenvalue weighted by molar-refractivity contribution is 5.50. The van der Waals surface area contributed by atoms with Gasteiger partial charge in [-0.3, -0.25) is 0 Å². The molecular formula is C13H19NO2. The normalized spacial score (nSPS) is 13.9. The van der Waals surface area contributed by atoms with Gasteiger partial charge in [0, 0.05) is 0 Å². The van der Waals surface area contributed by atoms with Crippen LogP contribution in [0.25, 0.3) is 0 Å². The molecule has 0 saturated carbocycles. The lowest BCUT2D eigenvalue weighted by Gasteiger charge is -2.21. The molecule has 0 radical (unpaired) electrons. The highest BCUT2D eigenvalue weighted by atomic mass is 16.6. The number of benzene rings is 1. The van der Waals surface area contributed by atoms with E-state index in [1.54, 1.807) is 0 Å². The maximum absolute atomic E-state index is 5.68. The summed E-state index contributed by atoms with van der Waals surface area (Å²) in [4.78, 5) is 0. The zero-order valence-electron chi connectivity index (χ0n) is 9.79. The molecule has 1 heterocycles. The minimum Gasteiger partial charge on any atom is -0.486 e. The van der Waals surface area contributed by atoms with Crippen molar-refractivity contribution in [1.29, 1.82) is 0 Å². The lowest BCUT2D eigenvalue weighted by atomic mass is 10.0. The van der Waals surface area contributed by atoms with Gasteiger partial charge in [0.15, 0.2) is 11.5 Å². The predicted octanol–water partition coefficient (Wildman–Crippen LogP) is 2.05. The zero-order valence-corrected chi connectivity index (χ0v) is 9.79. The molecule has 88 valence electrons. The fourth-order valence-corrected chi connectivity index (χ4v) is 2.02. The third kappa shape index (κ3) is 2.47. The van der Waals surface area contributed by atoms with Crippen LogP contribution in [0.4, 0.5) is 0 Å². The molecule has 0 spiro atoms. The lowest BCUT2D eigenvalue weighted by Crippen LogP contribution is -2.17. The fourth-order valence-electron chi connectivity index (χ4n) is 2.02. The molecule has 0 fully saturated rings. The molecule has 0 saturated heterocycles. The van der Waals surface area contributed by atoms with E-state index in [0.717, 1.165) is 37.3 Å². The van der Waals surface area contributed by atoms with Crippen LogP contribution in [0.2, 0.25) is 0 Å². The van der Waals surface area contributed by atoms with Crippen molar-refractivity contribution < 1.29 is 9.47 Å². The summed E-state index contributed by atoms with van der Waals surface area (Å²) >= 11 is 0. The molecule has 0 aliphatic carbocycles. The van der Waals surface area contributed by atoms with Crippen molar-refractivity contribution in [3.05, 3.63) is 23.3 Å². The number of rotatable bonds is 4. The van der Waals surface area contributed by atoms with Crippen LogP contribution in [0, 0.1) is 6.92 Å². The summed E-state index contributed by atoms with van der Waals surface area (Å²) in [6, 6.07) is 4.23. The number of hydrogen-bond donors (Lipinski definition) is 1. The van der Waals surface area contributed by atoms with Crippen LogP contribution >= 0.6 is 0 Å². The monoisotopic (exact) mass is 221 g/mol. The molecule has 3 heteroatoms. The summed E-state index contributed by atoms with van der Waals surface area (Å²) in [5.74, 6) is 1.84. The highest BCUT2D eigenvalue weighted by Crippen LogP contribution is 2.35. The van der Waals surface area contributed by atoms with E-state index in [-0.39, 0.29) is 0 Å². The quantitative estimate of drug-likeness (QED) is 0.791. The number of ether oxygens (including phenoxy) is 2. The van der Waals surface area contributed by atoms with Crippen molar-refractivity contribution in [2.75, 3.05) is 19.8 Å². The maximum Gasteiger partial charge on any atom is 0.164 e. The van der Waals surface area contributed by atoms with Gasteiger partial charge in [-0.2, -0.15) is 0 Å². The highest BCUT2D eigenvalue weighted by Gasteiger charge is 2.16. The van der Waals surface area contributed by atoms with E-state index in [9.17, 15) is 0 Å². The Hall–Kier alpha value is -1.22. The standard InChI is InChI=1S/C13H19NO2/c1-10-8-11(4-2-3-5-14)13-12(9-10)15-6-7-16-13/h8-9H,2-7,14H2,1H3. The maximum atomic E-state index is 5.68. The van der Waals surface area contributed by atoms with E-state index in [1.807, 2.05) is 6.07 Å². The molecule has 1 aromatic carbocycles. The summed E-state index contributed by atoms with van der Waals surface area (Å²) in [7, 11) is 0. The molecule has 0 atom stereocenters. The van der Waals surface area contributed by atoms with E-state index >= 15 is 0 Å². The molecule has 2 rings (SSSR count). The van der Waals surface area contributed by atoms with Crippen molar-refractivity contribution in [2.45, 2.75) is 26.2 Å². The third-order valence-electron chi connectivity index (χ3n) is 2.76. The first-order valence-electron chi connectivity index (χ1n) is 5.90. The van der Waals surface area contributed by atoms with E-state index in [4.69, 9.17) is 15.2 Å². The zero-order chi connectivity index (χ0) is 11.4. The summed E-state index contributed by atoms with van der Waals surface area (Å²) < 4.78 is 11.3. The number of fused-ring (bicyclic) bond motifs is 1. The average Bonchev–Trinajstić information content (AvgIpc) is 2.29. The third-order valence-corrected chi connectivity index (χ3v) is 2.76. The van der Waals surface area contributed by atoms with Gasteiger partial charge in [-0.05, 0) is 49.9 Å². The number of unbranched alkanes of at least 4 members (excludes halogenated alkanes) is 1. The Balaban J connectivity index is 2.18. The molecule has 1 aliphatic heterocycles. The molecule has 2 N–H and O–H groups in total. The van der Waals surface area contributed by atoms with Crippen molar-refractivity contribution in [1.82, 2.24) is 0 Å². The van der Waals surface area contributed by atoms with Crippen LogP contribution in [0.3, 0.4) is 0 Å². The SMILES string of the molecule is Cc1cc(CCCCN)c2c(c1)OCCO2. The predicted molar refractivity (Wildman–Crippen MR) is 64.2 cm³/mol. The molecule has 16 heavy (non-hydrogen) atoms. The minimum absolute atomic E-state index is 0.651. The molecule has 1 aliphatic rings. The van der Waals surface area contributed by atoms with E-state index in [2.05, 4.69) is 13.0 Å². The van der Waals surface area contributed by atoms with Gasteiger partial charge < -0.3 is 15.2 Å². The second-order valence-corrected chi connectivity index (χ2v) is 4.19. The first kappa shape index (κ1) is 11.3. The topological polar surface area (TPSA) is 44.5 Å². The summed E-state index contributed by atoms with van der Waals surface area (Å²) in [5.41, 5.74) is 7.99. The van der Waals surface area contributed by atoms with Gasteiger partial charge in [0.2, 0.25) is 0 Å². The summed E-state index contributed by atoms with van der Waals surface area (Å²) in [5, 5.41) is 0. The average molecular weight is 221 g/mol. The Labute approximate surface area is 96.5 Å². The van der Waals surface area contributed by atoms with Crippen LogP contribution < -0.4 is 15.2 Å². The van der Waals surface area contributed by atoms with Crippen molar-refractivity contribution in [2.24, 2.45) is 5.73 Å². The second-order valence-electron chi connectivity index (χ2n) is 4.19. The molecule has 0 aromatic heterocycles. The van der Waals surface area contributed by atoms with Gasteiger partial charge in [-0.1, -0.05) is 6.07 Å². The van der Waals surface area contributed by atoms with Crippen LogP contribution in [-0.2, 0) is 6.42 Å². The largest absolute Gasteiger partial charge is 0.486 e. The van der Waals surface area contributed by atoms with Gasteiger partial charge >= 0.3 is 0 Å². The smallest absolute Gasteiger partial charge is 0.164 e. The number of hydrogen-bond acceptors (Lipinski definition) is 3. The molecule has 0 amide bonds. The fraction of sp³-hybridized carbons (Fsp3) is 0.538. The van der Waals surface area contributed by atoms with E-state index in [0.29, 0.717) is 13.2 Å². The van der Waals surface area contributed by atoms with Gasteiger partial charge in [-0.15, -0.1) is 0 Å². The van der Waals surface area contributed by atoms with Crippen LogP contribution in [-0.4, -0.2) is 19.8 Å². The van der Waals surface area contributed by atoms with Gasteiger partial charge in [0.25, 0.3) is 0 Å².